The second-order valence-electron chi connectivity index (χ2n) is 8.41. The quantitative estimate of drug-likeness (QED) is 0.606. The number of primary amides is 1. The molecule has 7 heteroatoms. The monoisotopic (exact) mass is 419 g/mol. The molecule has 0 unspecified atom stereocenters. The van der Waals surface area contributed by atoms with Crippen molar-refractivity contribution in [2.45, 2.75) is 45.1 Å². The number of rotatable bonds is 8. The van der Waals surface area contributed by atoms with E-state index in [0.29, 0.717) is 24.6 Å². The highest BCUT2D eigenvalue weighted by Crippen LogP contribution is 2.26. The van der Waals surface area contributed by atoms with Gasteiger partial charge in [0, 0.05) is 18.1 Å². The number of pyridine rings is 1. The number of carbonyl (C=O) groups is 2. The zero-order valence-corrected chi connectivity index (χ0v) is 17.7. The van der Waals surface area contributed by atoms with E-state index in [2.05, 4.69) is 10.1 Å². The van der Waals surface area contributed by atoms with Gasteiger partial charge in [0.05, 0.1) is 24.8 Å². The van der Waals surface area contributed by atoms with Crippen LogP contribution in [0.1, 0.15) is 54.4 Å². The van der Waals surface area contributed by atoms with Gasteiger partial charge in [-0.1, -0.05) is 62.4 Å². The number of hydrogen-bond acceptors (Lipinski definition) is 4. The minimum atomic E-state index is -0.498. The van der Waals surface area contributed by atoms with Crippen molar-refractivity contribution < 1.29 is 9.59 Å². The molecule has 3 aromatic rings. The van der Waals surface area contributed by atoms with Gasteiger partial charge in [-0.3, -0.25) is 9.59 Å². The van der Waals surface area contributed by atoms with Crippen molar-refractivity contribution in [3.05, 3.63) is 59.9 Å². The van der Waals surface area contributed by atoms with E-state index in [0.717, 1.165) is 23.0 Å². The Morgan fingerprint density at radius 1 is 1.10 bits per heavy atom. The van der Waals surface area contributed by atoms with Crippen LogP contribution in [0.15, 0.2) is 48.8 Å². The molecule has 1 aliphatic carbocycles. The summed E-state index contributed by atoms with van der Waals surface area (Å²) in [5, 5.41) is 5.24. The summed E-state index contributed by atoms with van der Waals surface area (Å²) in [5.41, 5.74) is 7.73. The van der Waals surface area contributed by atoms with Crippen molar-refractivity contribution in [2.75, 3.05) is 13.1 Å². The van der Waals surface area contributed by atoms with Gasteiger partial charge >= 0.3 is 0 Å². The van der Waals surface area contributed by atoms with Crippen LogP contribution in [0, 0.1) is 5.92 Å². The number of carbonyl (C=O) groups excluding carboxylic acids is 2. The van der Waals surface area contributed by atoms with Crippen molar-refractivity contribution in [1.82, 2.24) is 19.7 Å². The molecule has 0 aliphatic heterocycles. The van der Waals surface area contributed by atoms with Crippen LogP contribution in [-0.4, -0.2) is 44.6 Å². The Hall–Kier alpha value is -3.22. The van der Waals surface area contributed by atoms with Gasteiger partial charge < -0.3 is 10.6 Å². The Balaban J connectivity index is 1.49. The van der Waals surface area contributed by atoms with E-state index >= 15 is 0 Å². The Morgan fingerprint density at radius 3 is 2.61 bits per heavy atom. The molecule has 0 radical (unpaired) electrons. The van der Waals surface area contributed by atoms with Gasteiger partial charge in [0.25, 0.3) is 5.91 Å². The molecule has 7 nitrogen and oxygen atoms in total. The minimum Gasteiger partial charge on any atom is -0.368 e. The molecule has 2 N–H and O–H groups in total. The molecule has 31 heavy (non-hydrogen) atoms. The van der Waals surface area contributed by atoms with Gasteiger partial charge in [0.2, 0.25) is 5.91 Å². The second-order valence-corrected chi connectivity index (χ2v) is 8.41. The van der Waals surface area contributed by atoms with Gasteiger partial charge in [0.1, 0.15) is 0 Å². The summed E-state index contributed by atoms with van der Waals surface area (Å²) in [4.78, 5) is 30.8. The Morgan fingerprint density at radius 2 is 1.87 bits per heavy atom. The van der Waals surface area contributed by atoms with E-state index in [1.807, 2.05) is 35.0 Å². The van der Waals surface area contributed by atoms with Crippen molar-refractivity contribution >= 4 is 22.8 Å². The molecular weight excluding hydrogens is 390 g/mol. The molecule has 0 atom stereocenters. The summed E-state index contributed by atoms with van der Waals surface area (Å²) in [7, 11) is 0. The molecule has 0 bridgehead atoms. The number of fused-ring (bicyclic) bond motifs is 1. The maximum Gasteiger partial charge on any atom is 0.255 e. The van der Waals surface area contributed by atoms with E-state index < -0.39 is 5.91 Å². The van der Waals surface area contributed by atoms with Gasteiger partial charge in [-0.2, -0.15) is 5.10 Å². The number of nitrogens with zero attached hydrogens (tertiary/aromatic N) is 4. The van der Waals surface area contributed by atoms with E-state index in [-0.39, 0.29) is 12.5 Å². The highest BCUT2D eigenvalue weighted by Gasteiger charge is 2.21. The average molecular weight is 420 g/mol. The maximum absolute atomic E-state index is 13.1. The first-order chi connectivity index (χ1) is 15.1. The van der Waals surface area contributed by atoms with Crippen molar-refractivity contribution in [2.24, 2.45) is 11.7 Å². The molecule has 1 aromatic carbocycles. The number of hydrogen-bond donors (Lipinski definition) is 1. The number of nitrogens with two attached hydrogens (primary N) is 1. The van der Waals surface area contributed by atoms with Crippen molar-refractivity contribution in [1.29, 1.82) is 0 Å². The van der Waals surface area contributed by atoms with Crippen molar-refractivity contribution in [3.8, 4) is 0 Å². The highest BCUT2D eigenvalue weighted by molar-refractivity contribution is 5.98. The summed E-state index contributed by atoms with van der Waals surface area (Å²) in [6.07, 6.45) is 10.4. The highest BCUT2D eigenvalue weighted by atomic mass is 16.2. The first kappa shape index (κ1) is 21.0. The molecular formula is C24H29N5O2. The lowest BCUT2D eigenvalue weighted by atomic mass is 9.87. The molecule has 2 aromatic heterocycles. The molecule has 2 heterocycles. The fourth-order valence-electron chi connectivity index (χ4n) is 4.40. The summed E-state index contributed by atoms with van der Waals surface area (Å²) >= 11 is 0. The van der Waals surface area contributed by atoms with Crippen LogP contribution < -0.4 is 5.73 Å². The molecule has 162 valence electrons. The van der Waals surface area contributed by atoms with Crippen LogP contribution in [-0.2, 0) is 11.3 Å². The van der Waals surface area contributed by atoms with Crippen LogP contribution in [0.4, 0.5) is 0 Å². The third kappa shape index (κ3) is 5.29. The maximum atomic E-state index is 13.1. The second kappa shape index (κ2) is 9.73. The van der Waals surface area contributed by atoms with Crippen LogP contribution in [0.2, 0.25) is 0 Å². The first-order valence-electron chi connectivity index (χ1n) is 11.0. The van der Waals surface area contributed by atoms with E-state index in [1.165, 1.54) is 32.1 Å². The lowest BCUT2D eigenvalue weighted by Crippen LogP contribution is -2.39. The largest absolute Gasteiger partial charge is 0.368 e. The lowest BCUT2D eigenvalue weighted by Gasteiger charge is -2.26. The lowest BCUT2D eigenvalue weighted by molar-refractivity contribution is -0.118. The smallest absolute Gasteiger partial charge is 0.255 e. The first-order valence-corrected chi connectivity index (χ1v) is 11.0. The molecule has 4 rings (SSSR count). The van der Waals surface area contributed by atoms with Gasteiger partial charge in [-0.05, 0) is 24.0 Å². The molecule has 1 saturated carbocycles. The zero-order valence-electron chi connectivity index (χ0n) is 17.7. The molecule has 1 aliphatic rings. The Kier molecular flexibility index (Phi) is 6.60. The number of aromatic nitrogens is 3. The summed E-state index contributed by atoms with van der Waals surface area (Å²) in [5.74, 6) is -0.0877. The molecule has 2 amide bonds. The summed E-state index contributed by atoms with van der Waals surface area (Å²) in [6.45, 7) is 1.08. The SMILES string of the molecule is NC(=O)CN(CCC1CCCCC1)C(=O)c1cnc2c(cnn2Cc2ccccc2)c1. The van der Waals surface area contributed by atoms with Gasteiger partial charge in [0.15, 0.2) is 5.65 Å². The predicted molar refractivity (Wildman–Crippen MR) is 119 cm³/mol. The summed E-state index contributed by atoms with van der Waals surface area (Å²) < 4.78 is 1.82. The Bertz CT molecular complexity index is 1040. The van der Waals surface area contributed by atoms with E-state index in [1.54, 1.807) is 23.4 Å². The van der Waals surface area contributed by atoms with E-state index in [9.17, 15) is 9.59 Å². The normalized spacial score (nSPS) is 14.6. The fraction of sp³-hybridized carbons (Fsp3) is 0.417. The van der Waals surface area contributed by atoms with Crippen LogP contribution in [0.25, 0.3) is 11.0 Å². The Labute approximate surface area is 182 Å². The van der Waals surface area contributed by atoms with Crippen LogP contribution in [0.5, 0.6) is 0 Å². The molecule has 0 saturated heterocycles. The predicted octanol–water partition coefficient (Wildman–Crippen LogP) is 3.38. The number of benzene rings is 1. The van der Waals surface area contributed by atoms with Gasteiger partial charge in [-0.15, -0.1) is 0 Å². The minimum absolute atomic E-state index is 0.0726. The fourth-order valence-corrected chi connectivity index (χ4v) is 4.40. The third-order valence-corrected chi connectivity index (χ3v) is 6.06. The number of amides is 2. The third-order valence-electron chi connectivity index (χ3n) is 6.06. The molecule has 1 fully saturated rings. The zero-order chi connectivity index (χ0) is 21.6. The van der Waals surface area contributed by atoms with Gasteiger partial charge in [-0.25, -0.2) is 9.67 Å². The topological polar surface area (TPSA) is 94.1 Å². The summed E-state index contributed by atoms with van der Waals surface area (Å²) in [6, 6.07) is 11.8. The van der Waals surface area contributed by atoms with Crippen molar-refractivity contribution in [3.63, 3.8) is 0 Å². The van der Waals surface area contributed by atoms with Crippen LogP contribution >= 0.6 is 0 Å². The standard InChI is InChI=1S/C24H29N5O2/c25-22(30)17-28(12-11-18-7-3-1-4-8-18)24(31)21-13-20-15-27-29(23(20)26-14-21)16-19-9-5-2-6-10-19/h2,5-6,9-10,13-15,18H,1,3-4,7-8,11-12,16-17H2,(H2,25,30). The molecule has 0 spiro atoms. The van der Waals surface area contributed by atoms with E-state index in [4.69, 9.17) is 5.73 Å². The average Bonchev–Trinajstić information content (AvgIpc) is 3.19. The van der Waals surface area contributed by atoms with Crippen LogP contribution in [0.3, 0.4) is 0 Å².